The normalized spacial score (nSPS) is 11.0. The van der Waals surface area contributed by atoms with Crippen molar-refractivity contribution in [2.24, 2.45) is 0 Å². The van der Waals surface area contributed by atoms with Crippen molar-refractivity contribution in [3.8, 4) is 0 Å². The summed E-state index contributed by atoms with van der Waals surface area (Å²) in [6, 6.07) is 6.97. The number of esters is 1. The van der Waals surface area contributed by atoms with Crippen molar-refractivity contribution < 1.29 is 13.9 Å². The van der Waals surface area contributed by atoms with Crippen molar-refractivity contribution in [2.45, 2.75) is 6.92 Å². The lowest BCUT2D eigenvalue weighted by molar-refractivity contribution is 0.0522. The number of carbonyl (C=O) groups is 1. The Kier molecular flexibility index (Phi) is 2.56. The van der Waals surface area contributed by atoms with Crippen LogP contribution in [0.15, 0.2) is 33.5 Å². The summed E-state index contributed by atoms with van der Waals surface area (Å²) in [6.45, 7) is 1.96. The van der Waals surface area contributed by atoms with Gasteiger partial charge >= 0.3 is 11.6 Å². The fraction of sp³-hybridized carbons (Fsp3) is 0.154. The van der Waals surface area contributed by atoms with Crippen molar-refractivity contribution >= 4 is 27.8 Å². The molecule has 0 aliphatic carbocycles. The molecule has 2 aromatic heterocycles. The quantitative estimate of drug-likeness (QED) is 0.560. The molecule has 19 heavy (non-hydrogen) atoms. The van der Waals surface area contributed by atoms with Gasteiger partial charge in [0.1, 0.15) is 5.58 Å². The first kappa shape index (κ1) is 11.5. The zero-order valence-electron chi connectivity index (χ0n) is 10.1. The van der Waals surface area contributed by atoms with E-state index in [2.05, 4.69) is 10.2 Å². The third-order valence-electron chi connectivity index (χ3n) is 2.80. The molecule has 6 nitrogen and oxygen atoms in total. The molecule has 1 N–H and O–H groups in total. The summed E-state index contributed by atoms with van der Waals surface area (Å²) in [7, 11) is 0. The highest BCUT2D eigenvalue weighted by Crippen LogP contribution is 2.24. The Balaban J connectivity index is 2.43. The third-order valence-corrected chi connectivity index (χ3v) is 2.80. The van der Waals surface area contributed by atoms with Crippen LogP contribution in [0.25, 0.3) is 21.9 Å². The molecule has 0 saturated carbocycles. The van der Waals surface area contributed by atoms with E-state index in [0.29, 0.717) is 16.4 Å². The molecule has 0 amide bonds. The second kappa shape index (κ2) is 4.24. The fourth-order valence-electron chi connectivity index (χ4n) is 2.01. The molecule has 3 aromatic rings. The van der Waals surface area contributed by atoms with Crippen LogP contribution in [0, 0.1) is 0 Å². The number of aromatic nitrogens is 2. The van der Waals surface area contributed by atoms with Crippen LogP contribution in [0.2, 0.25) is 0 Å². The van der Waals surface area contributed by atoms with E-state index in [1.54, 1.807) is 31.2 Å². The third kappa shape index (κ3) is 1.69. The van der Waals surface area contributed by atoms with Crippen LogP contribution in [0.3, 0.4) is 0 Å². The van der Waals surface area contributed by atoms with Gasteiger partial charge in [0, 0.05) is 5.39 Å². The van der Waals surface area contributed by atoms with Gasteiger partial charge in [0.15, 0.2) is 11.2 Å². The van der Waals surface area contributed by atoms with Gasteiger partial charge in [-0.05, 0) is 13.0 Å². The predicted octanol–water partition coefficient (Wildman–Crippen LogP) is 1.85. The molecule has 0 unspecified atom stereocenters. The minimum atomic E-state index is -0.583. The van der Waals surface area contributed by atoms with Crippen molar-refractivity contribution in [2.75, 3.05) is 6.61 Å². The van der Waals surface area contributed by atoms with Crippen LogP contribution in [-0.4, -0.2) is 22.8 Å². The lowest BCUT2D eigenvalue weighted by Crippen LogP contribution is -2.06. The number of rotatable bonds is 2. The Labute approximate surface area is 107 Å². The number of nitrogens with one attached hydrogen (secondary N) is 1. The van der Waals surface area contributed by atoms with Gasteiger partial charge in [-0.3, -0.25) is 5.10 Å². The van der Waals surface area contributed by atoms with Gasteiger partial charge in [-0.25, -0.2) is 9.59 Å². The van der Waals surface area contributed by atoms with Crippen molar-refractivity contribution in [3.63, 3.8) is 0 Å². The van der Waals surface area contributed by atoms with E-state index in [0.717, 1.165) is 0 Å². The first-order valence-corrected chi connectivity index (χ1v) is 5.79. The van der Waals surface area contributed by atoms with Gasteiger partial charge in [0.25, 0.3) is 0 Å². The second-order valence-corrected chi connectivity index (χ2v) is 3.93. The van der Waals surface area contributed by atoms with E-state index in [9.17, 15) is 9.59 Å². The number of aromatic amines is 1. The number of H-pyrrole nitrogens is 1. The lowest BCUT2D eigenvalue weighted by atomic mass is 10.1. The maximum atomic E-state index is 11.8. The Bertz CT molecular complexity index is 831. The topological polar surface area (TPSA) is 85.2 Å². The number of para-hydroxylation sites is 1. The molecule has 0 spiro atoms. The number of hydrogen-bond acceptors (Lipinski definition) is 5. The molecule has 1 aromatic carbocycles. The minimum Gasteiger partial charge on any atom is -0.461 e. The van der Waals surface area contributed by atoms with Crippen LogP contribution in [-0.2, 0) is 4.74 Å². The average Bonchev–Trinajstić information content (AvgIpc) is 2.85. The van der Waals surface area contributed by atoms with Gasteiger partial charge in [-0.1, -0.05) is 18.2 Å². The smallest absolute Gasteiger partial charge is 0.364 e. The molecule has 0 saturated heterocycles. The van der Waals surface area contributed by atoms with E-state index in [1.807, 2.05) is 0 Å². The minimum absolute atomic E-state index is 0.0988. The van der Waals surface area contributed by atoms with Crippen LogP contribution in [0.4, 0.5) is 0 Å². The summed E-state index contributed by atoms with van der Waals surface area (Å²) < 4.78 is 10.1. The summed E-state index contributed by atoms with van der Waals surface area (Å²) in [5.41, 5.74) is 0.0927. The number of carbonyl (C=O) groups excluding carboxylic acids is 1. The molecule has 6 heteroatoms. The maximum absolute atomic E-state index is 11.8. The molecule has 0 aliphatic rings. The Morgan fingerprint density at radius 2 is 2.21 bits per heavy atom. The standard InChI is InChI=1S/C13H10N2O4/c1-2-18-12(16)10-9-7-5-3-4-6-8(7)19-13(17)11(9)15-14-10/h3-6H,2H2,1H3,(H,14,15). The lowest BCUT2D eigenvalue weighted by Gasteiger charge is -2.01. The molecule has 96 valence electrons. The van der Waals surface area contributed by atoms with Gasteiger partial charge in [0.05, 0.1) is 12.0 Å². The van der Waals surface area contributed by atoms with Crippen molar-refractivity contribution in [1.29, 1.82) is 0 Å². The number of benzene rings is 1. The van der Waals surface area contributed by atoms with E-state index in [4.69, 9.17) is 9.15 Å². The van der Waals surface area contributed by atoms with Crippen LogP contribution >= 0.6 is 0 Å². The Morgan fingerprint density at radius 1 is 1.42 bits per heavy atom. The zero-order valence-corrected chi connectivity index (χ0v) is 10.1. The summed E-state index contributed by atoms with van der Waals surface area (Å²) in [4.78, 5) is 23.6. The molecule has 2 heterocycles. The molecular formula is C13H10N2O4. The molecule has 0 bridgehead atoms. The summed E-state index contributed by atoms with van der Waals surface area (Å²) in [5.74, 6) is -0.541. The van der Waals surface area contributed by atoms with Gasteiger partial charge in [0.2, 0.25) is 0 Å². The first-order chi connectivity index (χ1) is 9.22. The number of hydrogen-bond donors (Lipinski definition) is 1. The van der Waals surface area contributed by atoms with Crippen LogP contribution in [0.5, 0.6) is 0 Å². The Hall–Kier alpha value is -2.63. The molecule has 0 fully saturated rings. The molecule has 3 rings (SSSR count). The maximum Gasteiger partial charge on any atom is 0.364 e. The van der Waals surface area contributed by atoms with Crippen molar-refractivity contribution in [1.82, 2.24) is 10.2 Å². The molecule has 0 radical (unpaired) electrons. The van der Waals surface area contributed by atoms with E-state index in [-0.39, 0.29) is 17.8 Å². The SMILES string of the molecule is CCOC(=O)c1[nH]nc2c(=O)oc3ccccc3c12. The first-order valence-electron chi connectivity index (χ1n) is 5.79. The summed E-state index contributed by atoms with van der Waals surface area (Å²) >= 11 is 0. The van der Waals surface area contributed by atoms with E-state index < -0.39 is 11.6 Å². The highest BCUT2D eigenvalue weighted by molar-refractivity contribution is 6.12. The number of ether oxygens (including phenoxy) is 1. The zero-order chi connectivity index (χ0) is 13.4. The summed E-state index contributed by atoms with van der Waals surface area (Å²) in [6.07, 6.45) is 0. The van der Waals surface area contributed by atoms with Gasteiger partial charge < -0.3 is 9.15 Å². The monoisotopic (exact) mass is 258 g/mol. The van der Waals surface area contributed by atoms with Crippen LogP contribution < -0.4 is 5.63 Å². The number of fused-ring (bicyclic) bond motifs is 3. The van der Waals surface area contributed by atoms with Gasteiger partial charge in [-0.2, -0.15) is 5.10 Å². The van der Waals surface area contributed by atoms with Crippen molar-refractivity contribution in [3.05, 3.63) is 40.4 Å². The number of nitrogens with zero attached hydrogens (tertiary/aromatic N) is 1. The van der Waals surface area contributed by atoms with E-state index >= 15 is 0 Å². The molecule has 0 aliphatic heterocycles. The highest BCUT2D eigenvalue weighted by atomic mass is 16.5. The fourth-order valence-corrected chi connectivity index (χ4v) is 2.01. The van der Waals surface area contributed by atoms with Gasteiger partial charge in [-0.15, -0.1) is 0 Å². The van der Waals surface area contributed by atoms with Crippen LogP contribution in [0.1, 0.15) is 17.4 Å². The van der Waals surface area contributed by atoms with E-state index in [1.165, 1.54) is 0 Å². The predicted molar refractivity (Wildman–Crippen MR) is 68.1 cm³/mol. The second-order valence-electron chi connectivity index (χ2n) is 3.93. The molecular weight excluding hydrogens is 248 g/mol. The Morgan fingerprint density at radius 3 is 3.00 bits per heavy atom. The average molecular weight is 258 g/mol. The largest absolute Gasteiger partial charge is 0.461 e. The highest BCUT2D eigenvalue weighted by Gasteiger charge is 2.20. The summed E-state index contributed by atoms with van der Waals surface area (Å²) in [5, 5.41) is 7.47. The molecule has 0 atom stereocenters.